The average Bonchev–Trinajstić information content (AvgIpc) is 3.30. The van der Waals surface area contributed by atoms with Crippen molar-refractivity contribution in [2.75, 3.05) is 24.5 Å². The number of likely N-dealkylation sites (tertiary alicyclic amines) is 1. The SMILES string of the molecule is Cc1ncsc1C(=O)N1CCC2(C1)C(=O)N(CC(N)=O)c1ccccc12. The molecular formula is C18H18N4O3S. The van der Waals surface area contributed by atoms with Crippen molar-refractivity contribution < 1.29 is 14.4 Å². The maximum absolute atomic E-state index is 13.2. The van der Waals surface area contributed by atoms with E-state index in [0.29, 0.717) is 35.8 Å². The van der Waals surface area contributed by atoms with Crippen molar-refractivity contribution in [2.45, 2.75) is 18.8 Å². The van der Waals surface area contributed by atoms with Crippen LogP contribution in [-0.2, 0) is 15.0 Å². The lowest BCUT2D eigenvalue weighted by molar-refractivity contribution is -0.125. The molecule has 2 aliphatic heterocycles. The zero-order valence-electron chi connectivity index (χ0n) is 14.3. The molecule has 7 nitrogen and oxygen atoms in total. The van der Waals surface area contributed by atoms with Gasteiger partial charge in [0, 0.05) is 18.8 Å². The fourth-order valence-corrected chi connectivity index (χ4v) is 4.71. The van der Waals surface area contributed by atoms with Crippen molar-refractivity contribution in [2.24, 2.45) is 5.73 Å². The lowest BCUT2D eigenvalue weighted by Crippen LogP contribution is -2.45. The third-order valence-corrected chi connectivity index (χ3v) is 6.09. The fraction of sp³-hybridized carbons (Fsp3) is 0.333. The van der Waals surface area contributed by atoms with Crippen molar-refractivity contribution in [1.29, 1.82) is 0 Å². The minimum Gasteiger partial charge on any atom is -0.368 e. The highest BCUT2D eigenvalue weighted by molar-refractivity contribution is 7.11. The summed E-state index contributed by atoms with van der Waals surface area (Å²) < 4.78 is 0. The van der Waals surface area contributed by atoms with Gasteiger partial charge in [-0.1, -0.05) is 18.2 Å². The number of carbonyl (C=O) groups excluding carboxylic acids is 3. The van der Waals surface area contributed by atoms with Crippen LogP contribution in [0.3, 0.4) is 0 Å². The molecule has 3 amide bonds. The van der Waals surface area contributed by atoms with E-state index in [1.165, 1.54) is 16.2 Å². The fourth-order valence-electron chi connectivity index (χ4n) is 3.94. The summed E-state index contributed by atoms with van der Waals surface area (Å²) in [5, 5.41) is 0. The summed E-state index contributed by atoms with van der Waals surface area (Å²) in [7, 11) is 0. The highest BCUT2D eigenvalue weighted by atomic mass is 32.1. The molecule has 1 saturated heterocycles. The summed E-state index contributed by atoms with van der Waals surface area (Å²) in [6, 6.07) is 7.43. The van der Waals surface area contributed by atoms with Gasteiger partial charge in [-0.3, -0.25) is 14.4 Å². The largest absolute Gasteiger partial charge is 0.368 e. The quantitative estimate of drug-likeness (QED) is 0.874. The van der Waals surface area contributed by atoms with Crippen molar-refractivity contribution in [3.8, 4) is 0 Å². The van der Waals surface area contributed by atoms with E-state index in [9.17, 15) is 14.4 Å². The number of nitrogens with two attached hydrogens (primary N) is 1. The van der Waals surface area contributed by atoms with E-state index in [1.54, 1.807) is 17.3 Å². The van der Waals surface area contributed by atoms with E-state index in [-0.39, 0.29) is 18.4 Å². The number of primary amides is 1. The van der Waals surface area contributed by atoms with Gasteiger partial charge in [0.15, 0.2) is 0 Å². The smallest absolute Gasteiger partial charge is 0.265 e. The minimum absolute atomic E-state index is 0.0968. The number of hydrogen-bond acceptors (Lipinski definition) is 5. The topological polar surface area (TPSA) is 96.6 Å². The zero-order chi connectivity index (χ0) is 18.5. The molecule has 1 aromatic carbocycles. The van der Waals surface area contributed by atoms with Gasteiger partial charge in [0.1, 0.15) is 11.4 Å². The average molecular weight is 370 g/mol. The molecular weight excluding hydrogens is 352 g/mol. The number of aryl methyl sites for hydroxylation is 1. The van der Waals surface area contributed by atoms with E-state index in [4.69, 9.17) is 5.73 Å². The van der Waals surface area contributed by atoms with Crippen LogP contribution in [-0.4, -0.2) is 47.2 Å². The van der Waals surface area contributed by atoms with Crippen molar-refractivity contribution in [3.63, 3.8) is 0 Å². The van der Waals surface area contributed by atoms with Gasteiger partial charge >= 0.3 is 0 Å². The van der Waals surface area contributed by atoms with E-state index in [2.05, 4.69) is 4.98 Å². The molecule has 3 heterocycles. The Kier molecular flexibility index (Phi) is 3.80. The molecule has 1 aromatic heterocycles. The number of para-hydroxylation sites is 1. The summed E-state index contributed by atoms with van der Waals surface area (Å²) >= 11 is 1.31. The van der Waals surface area contributed by atoms with Crippen LogP contribution < -0.4 is 10.6 Å². The normalized spacial score (nSPS) is 21.5. The van der Waals surface area contributed by atoms with Crippen LogP contribution in [0.5, 0.6) is 0 Å². The molecule has 1 spiro atoms. The first-order valence-electron chi connectivity index (χ1n) is 8.33. The molecule has 1 atom stereocenters. The van der Waals surface area contributed by atoms with E-state index >= 15 is 0 Å². The molecule has 8 heteroatoms. The number of anilines is 1. The minimum atomic E-state index is -0.805. The van der Waals surface area contributed by atoms with Crippen LogP contribution in [0.25, 0.3) is 0 Å². The van der Waals surface area contributed by atoms with Crippen LogP contribution >= 0.6 is 11.3 Å². The van der Waals surface area contributed by atoms with Gasteiger partial charge in [-0.25, -0.2) is 4.98 Å². The predicted octanol–water partition coefficient (Wildman–Crippen LogP) is 1.07. The number of nitrogens with zero attached hydrogens (tertiary/aromatic N) is 3. The number of carbonyl (C=O) groups is 3. The van der Waals surface area contributed by atoms with Gasteiger partial charge in [0.05, 0.1) is 16.6 Å². The van der Waals surface area contributed by atoms with Crippen LogP contribution in [0.4, 0.5) is 5.69 Å². The Morgan fingerprint density at radius 1 is 1.35 bits per heavy atom. The molecule has 0 aliphatic carbocycles. The number of thiazole rings is 1. The summed E-state index contributed by atoms with van der Waals surface area (Å²) in [4.78, 5) is 45.4. The molecule has 2 aromatic rings. The van der Waals surface area contributed by atoms with Gasteiger partial charge in [-0.2, -0.15) is 0 Å². The summed E-state index contributed by atoms with van der Waals surface area (Å²) in [6.45, 7) is 2.44. The second-order valence-electron chi connectivity index (χ2n) is 6.70. The highest BCUT2D eigenvalue weighted by Crippen LogP contribution is 2.47. The highest BCUT2D eigenvalue weighted by Gasteiger charge is 2.55. The molecule has 0 saturated carbocycles. The standard InChI is InChI=1S/C18H18N4O3S/c1-11-15(26-10-20-11)16(24)21-7-6-18(9-21)12-4-2-3-5-13(12)22(17(18)25)8-14(19)23/h2-5,10H,6-9H2,1H3,(H2,19,23). The van der Waals surface area contributed by atoms with Gasteiger partial charge in [-0.15, -0.1) is 11.3 Å². The zero-order valence-corrected chi connectivity index (χ0v) is 15.1. The van der Waals surface area contributed by atoms with Gasteiger partial charge in [0.25, 0.3) is 5.91 Å². The third kappa shape index (κ3) is 2.33. The second-order valence-corrected chi connectivity index (χ2v) is 7.56. The first-order chi connectivity index (χ1) is 12.4. The molecule has 0 radical (unpaired) electrons. The second kappa shape index (κ2) is 5.91. The van der Waals surface area contributed by atoms with Crippen LogP contribution in [0.15, 0.2) is 29.8 Å². The van der Waals surface area contributed by atoms with E-state index < -0.39 is 11.3 Å². The van der Waals surface area contributed by atoms with Gasteiger partial charge in [-0.05, 0) is 25.0 Å². The van der Waals surface area contributed by atoms with Crippen molar-refractivity contribution in [3.05, 3.63) is 45.9 Å². The molecule has 1 fully saturated rings. The molecule has 0 bridgehead atoms. The molecule has 134 valence electrons. The first kappa shape index (κ1) is 16.7. The Bertz CT molecular complexity index is 925. The monoisotopic (exact) mass is 370 g/mol. The lowest BCUT2D eigenvalue weighted by atomic mass is 9.81. The maximum atomic E-state index is 13.2. The molecule has 2 N–H and O–H groups in total. The Morgan fingerprint density at radius 2 is 2.12 bits per heavy atom. The lowest BCUT2D eigenvalue weighted by Gasteiger charge is -2.24. The summed E-state index contributed by atoms with van der Waals surface area (Å²) in [6.07, 6.45) is 0.529. The number of fused-ring (bicyclic) bond motifs is 2. The Hall–Kier alpha value is -2.74. The Balaban J connectivity index is 1.69. The number of hydrogen-bond donors (Lipinski definition) is 1. The van der Waals surface area contributed by atoms with Crippen molar-refractivity contribution in [1.82, 2.24) is 9.88 Å². The van der Waals surface area contributed by atoms with Gasteiger partial charge in [0.2, 0.25) is 11.8 Å². The van der Waals surface area contributed by atoms with Crippen molar-refractivity contribution >= 4 is 34.7 Å². The van der Waals surface area contributed by atoms with Gasteiger partial charge < -0.3 is 15.5 Å². The predicted molar refractivity (Wildman–Crippen MR) is 97.0 cm³/mol. The van der Waals surface area contributed by atoms with E-state index in [0.717, 1.165) is 5.56 Å². The first-order valence-corrected chi connectivity index (χ1v) is 9.21. The Labute approximate surface area is 154 Å². The third-order valence-electron chi connectivity index (χ3n) is 5.18. The molecule has 26 heavy (non-hydrogen) atoms. The number of amides is 3. The number of benzene rings is 1. The summed E-state index contributed by atoms with van der Waals surface area (Å²) in [5.74, 6) is -0.814. The molecule has 2 aliphatic rings. The van der Waals surface area contributed by atoms with E-state index in [1.807, 2.05) is 24.3 Å². The van der Waals surface area contributed by atoms with Crippen LogP contribution in [0.1, 0.15) is 27.3 Å². The molecule has 1 unspecified atom stereocenters. The Morgan fingerprint density at radius 3 is 2.81 bits per heavy atom. The van der Waals surface area contributed by atoms with Crippen LogP contribution in [0, 0.1) is 6.92 Å². The maximum Gasteiger partial charge on any atom is 0.265 e. The van der Waals surface area contributed by atoms with Crippen LogP contribution in [0.2, 0.25) is 0 Å². The number of rotatable bonds is 3. The molecule has 4 rings (SSSR count). The summed E-state index contributed by atoms with van der Waals surface area (Å²) in [5.41, 5.74) is 8.45. The number of aromatic nitrogens is 1.